The van der Waals surface area contributed by atoms with E-state index in [4.69, 9.17) is 27.9 Å². The van der Waals surface area contributed by atoms with E-state index in [0.29, 0.717) is 15.6 Å². The van der Waals surface area contributed by atoms with E-state index in [9.17, 15) is 14.4 Å². The molecule has 23 heavy (non-hydrogen) atoms. The van der Waals surface area contributed by atoms with Crippen molar-refractivity contribution in [1.82, 2.24) is 4.90 Å². The number of benzene rings is 1. The number of esters is 1. The van der Waals surface area contributed by atoms with Crippen molar-refractivity contribution < 1.29 is 19.1 Å². The number of hydrogen-bond acceptors (Lipinski definition) is 5. The highest BCUT2D eigenvalue weighted by Gasteiger charge is 2.36. The lowest BCUT2D eigenvalue weighted by Crippen LogP contribution is -2.35. The molecular weight excluding hydrogens is 361 g/mol. The molecule has 0 bridgehead atoms. The number of hydrogen-bond donors (Lipinski definition) is 0. The minimum Gasteiger partial charge on any atom is -0.462 e. The first-order chi connectivity index (χ1) is 10.8. The summed E-state index contributed by atoms with van der Waals surface area (Å²) in [6, 6.07) is 4.98. The topological polar surface area (TPSA) is 63.7 Å². The number of imide groups is 1. The predicted octanol–water partition coefficient (Wildman–Crippen LogP) is 3.98. The van der Waals surface area contributed by atoms with Crippen LogP contribution in [-0.2, 0) is 14.3 Å². The van der Waals surface area contributed by atoms with Crippen molar-refractivity contribution >= 4 is 58.2 Å². The fourth-order valence-corrected chi connectivity index (χ4v) is 3.03. The number of carbonyl (C=O) groups excluding carboxylic acids is 3. The van der Waals surface area contributed by atoms with Crippen molar-refractivity contribution in [2.75, 3.05) is 6.54 Å². The first-order valence-corrected chi connectivity index (χ1v) is 8.25. The normalized spacial score (nSPS) is 16.6. The summed E-state index contributed by atoms with van der Waals surface area (Å²) in [5.41, 5.74) is 0.523. The molecule has 2 amide bonds. The second-order valence-corrected chi connectivity index (χ2v) is 6.73. The Labute approximate surface area is 147 Å². The Morgan fingerprint density at radius 3 is 2.70 bits per heavy atom. The van der Waals surface area contributed by atoms with Gasteiger partial charge in [-0.05, 0) is 43.3 Å². The molecule has 0 radical (unpaired) electrons. The van der Waals surface area contributed by atoms with Crippen LogP contribution in [0.3, 0.4) is 0 Å². The zero-order chi connectivity index (χ0) is 17.1. The number of carbonyl (C=O) groups is 3. The van der Waals surface area contributed by atoms with Crippen LogP contribution in [0.2, 0.25) is 10.0 Å². The van der Waals surface area contributed by atoms with Crippen LogP contribution in [0.15, 0.2) is 23.1 Å². The summed E-state index contributed by atoms with van der Waals surface area (Å²) in [4.78, 5) is 36.8. The standard InChI is InChI=1S/C15H13Cl2NO4S/c1-8(2)22-12(19)7-18-14(20)11(23-15(18)21)6-9-4-3-5-10(16)13(9)17/h3-6,8H,7H2,1-2H3/b11-6+. The zero-order valence-corrected chi connectivity index (χ0v) is 14.7. The Hall–Kier alpha value is -1.50. The number of amides is 2. The summed E-state index contributed by atoms with van der Waals surface area (Å²) in [5, 5.41) is 0.112. The molecule has 0 aliphatic carbocycles. The highest BCUT2D eigenvalue weighted by atomic mass is 35.5. The Bertz CT molecular complexity index is 703. The van der Waals surface area contributed by atoms with Crippen LogP contribution < -0.4 is 0 Å². The van der Waals surface area contributed by atoms with Crippen molar-refractivity contribution in [3.8, 4) is 0 Å². The van der Waals surface area contributed by atoms with E-state index in [-0.39, 0.29) is 11.0 Å². The maximum atomic E-state index is 12.3. The van der Waals surface area contributed by atoms with Crippen molar-refractivity contribution in [3.05, 3.63) is 38.7 Å². The monoisotopic (exact) mass is 373 g/mol. The van der Waals surface area contributed by atoms with Crippen molar-refractivity contribution in [2.45, 2.75) is 20.0 Å². The maximum Gasteiger partial charge on any atom is 0.326 e. The van der Waals surface area contributed by atoms with Gasteiger partial charge in [0.05, 0.1) is 21.1 Å². The van der Waals surface area contributed by atoms with Crippen molar-refractivity contribution in [3.63, 3.8) is 0 Å². The average Bonchev–Trinajstić information content (AvgIpc) is 2.71. The van der Waals surface area contributed by atoms with Gasteiger partial charge in [0.1, 0.15) is 6.54 Å². The van der Waals surface area contributed by atoms with Gasteiger partial charge in [-0.3, -0.25) is 19.3 Å². The molecule has 5 nitrogen and oxygen atoms in total. The average molecular weight is 374 g/mol. The summed E-state index contributed by atoms with van der Waals surface area (Å²) in [7, 11) is 0. The Kier molecular flexibility index (Phi) is 5.73. The minimum atomic E-state index is -0.635. The zero-order valence-electron chi connectivity index (χ0n) is 12.3. The molecule has 0 atom stereocenters. The molecule has 1 aromatic carbocycles. The summed E-state index contributed by atoms with van der Waals surface area (Å²) in [5.74, 6) is -1.19. The minimum absolute atomic E-state index is 0.177. The fraction of sp³-hybridized carbons (Fsp3) is 0.267. The SMILES string of the molecule is CC(C)OC(=O)CN1C(=O)S/C(=C/c2cccc(Cl)c2Cl)C1=O. The molecule has 1 aromatic rings. The van der Waals surface area contributed by atoms with Crippen LogP contribution >= 0.6 is 35.0 Å². The van der Waals surface area contributed by atoms with Crippen molar-refractivity contribution in [1.29, 1.82) is 0 Å². The van der Waals surface area contributed by atoms with Gasteiger partial charge in [-0.1, -0.05) is 35.3 Å². The lowest BCUT2D eigenvalue weighted by molar-refractivity contribution is -0.149. The summed E-state index contributed by atoms with van der Waals surface area (Å²) < 4.78 is 4.94. The highest BCUT2D eigenvalue weighted by Crippen LogP contribution is 2.34. The van der Waals surface area contributed by atoms with E-state index in [1.54, 1.807) is 32.0 Å². The van der Waals surface area contributed by atoms with Gasteiger partial charge in [0, 0.05) is 0 Å². The van der Waals surface area contributed by atoms with Crippen molar-refractivity contribution in [2.24, 2.45) is 0 Å². The van der Waals surface area contributed by atoms with Crippen LogP contribution in [0.25, 0.3) is 6.08 Å². The van der Waals surface area contributed by atoms with Gasteiger partial charge in [0.25, 0.3) is 11.1 Å². The maximum absolute atomic E-state index is 12.3. The van der Waals surface area contributed by atoms with Gasteiger partial charge in [0.15, 0.2) is 0 Å². The second-order valence-electron chi connectivity index (χ2n) is 4.95. The number of thioether (sulfide) groups is 1. The highest BCUT2D eigenvalue weighted by molar-refractivity contribution is 8.18. The fourth-order valence-electron chi connectivity index (χ4n) is 1.84. The van der Waals surface area contributed by atoms with Gasteiger partial charge < -0.3 is 4.74 Å². The largest absolute Gasteiger partial charge is 0.462 e. The molecule has 8 heteroatoms. The number of rotatable bonds is 4. The molecule has 122 valence electrons. The first kappa shape index (κ1) is 17.8. The third-order valence-electron chi connectivity index (χ3n) is 2.80. The number of ether oxygens (including phenoxy) is 1. The Morgan fingerprint density at radius 2 is 2.04 bits per heavy atom. The Balaban J connectivity index is 2.19. The molecule has 1 saturated heterocycles. The van der Waals surface area contributed by atoms with E-state index >= 15 is 0 Å². The van der Waals surface area contributed by atoms with E-state index in [1.807, 2.05) is 0 Å². The van der Waals surface area contributed by atoms with E-state index in [1.165, 1.54) is 6.08 Å². The molecule has 0 spiro atoms. The molecule has 0 N–H and O–H groups in total. The molecular formula is C15H13Cl2NO4S. The predicted molar refractivity (Wildman–Crippen MR) is 90.4 cm³/mol. The summed E-state index contributed by atoms with van der Waals surface area (Å²) >= 11 is 12.7. The van der Waals surface area contributed by atoms with E-state index < -0.39 is 23.7 Å². The van der Waals surface area contributed by atoms with Crippen LogP contribution in [0, 0.1) is 0 Å². The third kappa shape index (κ3) is 4.28. The molecule has 1 aliphatic rings. The van der Waals surface area contributed by atoms with Gasteiger partial charge in [-0.25, -0.2) is 0 Å². The quantitative estimate of drug-likeness (QED) is 0.589. The van der Waals surface area contributed by atoms with Crippen LogP contribution in [0.1, 0.15) is 19.4 Å². The molecule has 0 saturated carbocycles. The van der Waals surface area contributed by atoms with Gasteiger partial charge in [-0.2, -0.15) is 0 Å². The first-order valence-electron chi connectivity index (χ1n) is 6.68. The van der Waals surface area contributed by atoms with Crippen LogP contribution in [0.5, 0.6) is 0 Å². The van der Waals surface area contributed by atoms with Gasteiger partial charge >= 0.3 is 5.97 Å². The Morgan fingerprint density at radius 1 is 1.35 bits per heavy atom. The summed E-state index contributed by atoms with van der Waals surface area (Å²) in [6.45, 7) is 2.96. The number of halogens is 2. The van der Waals surface area contributed by atoms with Crippen LogP contribution in [0.4, 0.5) is 4.79 Å². The molecule has 1 fully saturated rings. The molecule has 0 unspecified atom stereocenters. The molecule has 2 rings (SSSR count). The van der Waals surface area contributed by atoms with Gasteiger partial charge in [0.2, 0.25) is 0 Å². The molecule has 1 heterocycles. The number of nitrogens with zero attached hydrogens (tertiary/aromatic N) is 1. The smallest absolute Gasteiger partial charge is 0.326 e. The van der Waals surface area contributed by atoms with Crippen LogP contribution in [-0.4, -0.2) is 34.7 Å². The lowest BCUT2D eigenvalue weighted by atomic mass is 10.2. The van der Waals surface area contributed by atoms with Gasteiger partial charge in [-0.15, -0.1) is 0 Å². The third-order valence-corrected chi connectivity index (χ3v) is 4.54. The second kappa shape index (κ2) is 7.38. The molecule has 1 aliphatic heterocycles. The lowest BCUT2D eigenvalue weighted by Gasteiger charge is -2.13. The van der Waals surface area contributed by atoms with E-state index in [0.717, 1.165) is 16.7 Å². The molecule has 0 aromatic heterocycles. The van der Waals surface area contributed by atoms with E-state index in [2.05, 4.69) is 0 Å². The summed E-state index contributed by atoms with van der Waals surface area (Å²) in [6.07, 6.45) is 1.16.